The summed E-state index contributed by atoms with van der Waals surface area (Å²) in [6, 6.07) is 13.0. The van der Waals surface area contributed by atoms with Crippen LogP contribution < -0.4 is 20.3 Å². The second-order valence-corrected chi connectivity index (χ2v) is 10.6. The molecule has 212 valence electrons. The number of hydrogen-bond donors (Lipinski definition) is 2. The van der Waals surface area contributed by atoms with Crippen molar-refractivity contribution in [2.45, 2.75) is 19.3 Å². The molecule has 3 aliphatic rings. The molecule has 2 N–H and O–H groups in total. The minimum Gasteiger partial charge on any atom is -0.489 e. The topological polar surface area (TPSA) is 107 Å². The van der Waals surface area contributed by atoms with Crippen molar-refractivity contribution in [3.63, 3.8) is 0 Å². The summed E-state index contributed by atoms with van der Waals surface area (Å²) in [5, 5.41) is 5.92. The highest BCUT2D eigenvalue weighted by Gasteiger charge is 2.41. The molecule has 1 aromatic carbocycles. The van der Waals surface area contributed by atoms with Gasteiger partial charge in [-0.15, -0.1) is 0 Å². The molecule has 2 aromatic rings. The molecule has 40 heavy (non-hydrogen) atoms. The van der Waals surface area contributed by atoms with E-state index in [4.69, 9.17) is 4.74 Å². The minimum absolute atomic E-state index is 0.0362. The molecule has 1 aromatic heterocycles. The summed E-state index contributed by atoms with van der Waals surface area (Å²) in [6.07, 6.45) is 7.83. The van der Waals surface area contributed by atoms with Crippen LogP contribution in [0, 0.1) is 5.41 Å². The fraction of sp³-hybridized carbons (Fsp3) is 0.467. The van der Waals surface area contributed by atoms with Gasteiger partial charge < -0.3 is 25.2 Å². The number of ether oxygens (including phenoxy) is 1. The Morgan fingerprint density at radius 2 is 1.75 bits per heavy atom. The van der Waals surface area contributed by atoms with Crippen LogP contribution in [-0.4, -0.2) is 98.0 Å². The van der Waals surface area contributed by atoms with Gasteiger partial charge >= 0.3 is 0 Å². The molecule has 1 atom stereocenters. The first-order valence-electron chi connectivity index (χ1n) is 14.1. The highest BCUT2D eigenvalue weighted by molar-refractivity contribution is 5.97. The van der Waals surface area contributed by atoms with E-state index in [0.717, 1.165) is 38.3 Å². The van der Waals surface area contributed by atoms with Gasteiger partial charge in [-0.05, 0) is 50.1 Å². The lowest BCUT2D eigenvalue weighted by atomic mass is 9.76. The van der Waals surface area contributed by atoms with Crippen LogP contribution in [0.1, 0.15) is 29.6 Å². The van der Waals surface area contributed by atoms with Gasteiger partial charge in [0.1, 0.15) is 18.2 Å². The van der Waals surface area contributed by atoms with Gasteiger partial charge in [0.15, 0.2) is 0 Å². The first-order valence-corrected chi connectivity index (χ1v) is 14.1. The zero-order chi connectivity index (χ0) is 27.8. The largest absolute Gasteiger partial charge is 0.489 e. The SMILES string of the molecule is O=C1NCCNC(=O)C2(C/C=C\COc3ccccc31)CCCN(CC(=O)N1CCN(c3ccccn3)CC1)C2. The Morgan fingerprint density at radius 3 is 2.58 bits per heavy atom. The third kappa shape index (κ3) is 6.62. The summed E-state index contributed by atoms with van der Waals surface area (Å²) < 4.78 is 5.87. The van der Waals surface area contributed by atoms with E-state index in [0.29, 0.717) is 63.6 Å². The van der Waals surface area contributed by atoms with E-state index in [1.807, 2.05) is 41.3 Å². The number of allylic oxidation sites excluding steroid dienone is 1. The quantitative estimate of drug-likeness (QED) is 0.565. The number of aromatic nitrogens is 1. The number of piperazine rings is 1. The van der Waals surface area contributed by atoms with E-state index in [-0.39, 0.29) is 17.7 Å². The van der Waals surface area contributed by atoms with Gasteiger partial charge in [0.05, 0.1) is 17.5 Å². The molecule has 2 saturated heterocycles. The van der Waals surface area contributed by atoms with Crippen molar-refractivity contribution in [3.8, 4) is 5.75 Å². The average Bonchev–Trinajstić information content (AvgIpc) is 2.99. The van der Waals surface area contributed by atoms with Crippen LogP contribution >= 0.6 is 0 Å². The lowest BCUT2D eigenvalue weighted by Gasteiger charge is -2.42. The standard InChI is InChI=1S/C30H38N6O4/c37-27(36-19-17-35(18-20-36)26-10-3-5-13-31-26)22-34-16-7-12-30(23-34)11-4-6-21-40-25-9-2-1-8-24(25)28(38)32-14-15-33-29(30)39/h1-6,8-10,13H,7,11-12,14-23H2,(H,32,38)(H,33,39)/b6-4-. The maximum absolute atomic E-state index is 13.5. The Labute approximate surface area is 235 Å². The number of fused-ring (bicyclic) bond motifs is 1. The van der Waals surface area contributed by atoms with Gasteiger partial charge in [-0.3, -0.25) is 19.3 Å². The van der Waals surface area contributed by atoms with E-state index in [9.17, 15) is 14.4 Å². The second-order valence-electron chi connectivity index (χ2n) is 10.6. The number of benzene rings is 1. The van der Waals surface area contributed by atoms with Gasteiger partial charge in [0, 0.05) is 52.0 Å². The lowest BCUT2D eigenvalue weighted by Crippen LogP contribution is -2.56. The third-order valence-corrected chi connectivity index (χ3v) is 7.94. The van der Waals surface area contributed by atoms with E-state index < -0.39 is 5.41 Å². The van der Waals surface area contributed by atoms with Crippen molar-refractivity contribution in [1.29, 1.82) is 0 Å². The summed E-state index contributed by atoms with van der Waals surface area (Å²) in [7, 11) is 0. The number of likely N-dealkylation sites (tertiary alicyclic amines) is 1. The first kappa shape index (κ1) is 27.6. The molecule has 10 heteroatoms. The van der Waals surface area contributed by atoms with Gasteiger partial charge in [-0.1, -0.05) is 30.4 Å². The number of carbonyl (C=O) groups is 3. The zero-order valence-corrected chi connectivity index (χ0v) is 22.9. The predicted molar refractivity (Wildman–Crippen MR) is 152 cm³/mol. The second kappa shape index (κ2) is 13.0. The van der Waals surface area contributed by atoms with E-state index in [2.05, 4.69) is 25.4 Å². The van der Waals surface area contributed by atoms with Crippen molar-refractivity contribution in [2.24, 2.45) is 5.41 Å². The van der Waals surface area contributed by atoms with Gasteiger partial charge in [0.25, 0.3) is 5.91 Å². The van der Waals surface area contributed by atoms with Crippen LogP contribution in [0.3, 0.4) is 0 Å². The Hall–Kier alpha value is -3.92. The Kier molecular flexibility index (Phi) is 8.95. The number of anilines is 1. The number of pyridine rings is 1. The third-order valence-electron chi connectivity index (χ3n) is 7.94. The van der Waals surface area contributed by atoms with Crippen LogP contribution in [0.4, 0.5) is 5.82 Å². The normalized spacial score (nSPS) is 23.8. The maximum atomic E-state index is 13.5. The number of para-hydroxylation sites is 1. The van der Waals surface area contributed by atoms with Gasteiger partial charge in [0.2, 0.25) is 11.8 Å². The Morgan fingerprint density at radius 1 is 0.950 bits per heavy atom. The van der Waals surface area contributed by atoms with E-state index in [1.54, 1.807) is 24.4 Å². The molecular weight excluding hydrogens is 508 g/mol. The summed E-state index contributed by atoms with van der Waals surface area (Å²) in [4.78, 5) is 50.1. The molecule has 1 spiro atoms. The number of carbonyl (C=O) groups excluding carboxylic acids is 3. The van der Waals surface area contributed by atoms with Crippen LogP contribution in [0.25, 0.3) is 0 Å². The van der Waals surface area contributed by atoms with Gasteiger partial charge in [-0.25, -0.2) is 4.98 Å². The van der Waals surface area contributed by atoms with Crippen LogP contribution in [0.15, 0.2) is 60.8 Å². The fourth-order valence-electron chi connectivity index (χ4n) is 5.75. The Bertz CT molecular complexity index is 1210. The summed E-state index contributed by atoms with van der Waals surface area (Å²) >= 11 is 0. The average molecular weight is 547 g/mol. The van der Waals surface area contributed by atoms with Crippen LogP contribution in [0.2, 0.25) is 0 Å². The number of rotatable bonds is 3. The molecule has 5 rings (SSSR count). The highest BCUT2D eigenvalue weighted by atomic mass is 16.5. The van der Waals surface area contributed by atoms with E-state index >= 15 is 0 Å². The van der Waals surface area contributed by atoms with Crippen LogP contribution in [0.5, 0.6) is 5.75 Å². The van der Waals surface area contributed by atoms with E-state index in [1.165, 1.54) is 0 Å². The molecule has 0 aliphatic carbocycles. The molecule has 3 aliphatic heterocycles. The van der Waals surface area contributed by atoms with Crippen molar-refractivity contribution in [3.05, 3.63) is 66.4 Å². The molecule has 3 amide bonds. The molecule has 10 nitrogen and oxygen atoms in total. The molecule has 0 bridgehead atoms. The number of piperidine rings is 1. The minimum atomic E-state index is -0.640. The Balaban J connectivity index is 1.20. The van der Waals surface area contributed by atoms with Crippen molar-refractivity contribution >= 4 is 23.5 Å². The highest BCUT2D eigenvalue weighted by Crippen LogP contribution is 2.34. The predicted octanol–water partition coefficient (Wildman–Crippen LogP) is 1.70. The smallest absolute Gasteiger partial charge is 0.255 e. The first-order chi connectivity index (χ1) is 19.5. The lowest BCUT2D eigenvalue weighted by molar-refractivity contribution is -0.139. The summed E-state index contributed by atoms with van der Waals surface area (Å²) in [5.74, 6) is 1.30. The summed E-state index contributed by atoms with van der Waals surface area (Å²) in [6.45, 7) is 5.38. The molecule has 1 unspecified atom stereocenters. The summed E-state index contributed by atoms with van der Waals surface area (Å²) in [5.41, 5.74) is -0.167. The van der Waals surface area contributed by atoms with Gasteiger partial charge in [-0.2, -0.15) is 0 Å². The van der Waals surface area contributed by atoms with Crippen molar-refractivity contribution in [1.82, 2.24) is 25.4 Å². The molecular formula is C30H38N6O4. The molecule has 0 radical (unpaired) electrons. The molecule has 2 fully saturated rings. The van der Waals surface area contributed by atoms with Crippen molar-refractivity contribution in [2.75, 3.05) is 70.4 Å². The monoisotopic (exact) mass is 546 g/mol. The maximum Gasteiger partial charge on any atom is 0.255 e. The fourth-order valence-corrected chi connectivity index (χ4v) is 5.75. The molecule has 0 saturated carbocycles. The number of hydrogen-bond acceptors (Lipinski definition) is 7. The number of nitrogens with one attached hydrogen (secondary N) is 2. The number of amides is 3. The van der Waals surface area contributed by atoms with Crippen LogP contribution in [-0.2, 0) is 9.59 Å². The van der Waals surface area contributed by atoms with Crippen molar-refractivity contribution < 1.29 is 19.1 Å². The number of nitrogens with zero attached hydrogens (tertiary/aromatic N) is 4. The molecule has 4 heterocycles. The zero-order valence-electron chi connectivity index (χ0n) is 22.9.